The van der Waals surface area contributed by atoms with Crippen molar-refractivity contribution in [3.8, 4) is 16.9 Å². The third-order valence-corrected chi connectivity index (χ3v) is 6.98. The van der Waals surface area contributed by atoms with Crippen molar-refractivity contribution < 1.29 is 0 Å². The molecular weight excluding hydrogens is 425 g/mol. The van der Waals surface area contributed by atoms with E-state index < -0.39 is 0 Å². The molecule has 0 saturated heterocycles. The van der Waals surface area contributed by atoms with Crippen LogP contribution in [0.1, 0.15) is 11.1 Å². The van der Waals surface area contributed by atoms with Gasteiger partial charge in [-0.15, -0.1) is 0 Å². The van der Waals surface area contributed by atoms with Crippen LogP contribution in [0, 0.1) is 13.8 Å². The largest absolute Gasteiger partial charge is 0.294 e. The molecule has 0 fully saturated rings. The van der Waals surface area contributed by atoms with Gasteiger partial charge in [0, 0.05) is 28.8 Å². The topological polar surface area (TPSA) is 30.7 Å². The highest BCUT2D eigenvalue weighted by Gasteiger charge is 2.18. The predicted molar refractivity (Wildman–Crippen MR) is 149 cm³/mol. The van der Waals surface area contributed by atoms with Gasteiger partial charge in [0.1, 0.15) is 5.82 Å². The fraction of sp³-hybridized carbons (Fsp3) is 0.0968. The van der Waals surface area contributed by atoms with E-state index >= 15 is 0 Å². The van der Waals surface area contributed by atoms with Crippen molar-refractivity contribution in [3.05, 3.63) is 115 Å². The molecule has 0 N–H and O–H groups in total. The van der Waals surface area contributed by atoms with E-state index in [0.717, 1.165) is 11.4 Å². The quantitative estimate of drug-likeness (QED) is 0.304. The van der Waals surface area contributed by atoms with E-state index in [0.29, 0.717) is 0 Å². The van der Waals surface area contributed by atoms with Crippen LogP contribution in [0.3, 0.4) is 0 Å². The Morgan fingerprint density at radius 1 is 0.657 bits per heavy atom. The fourth-order valence-electron chi connectivity index (χ4n) is 5.14. The summed E-state index contributed by atoms with van der Waals surface area (Å²) in [6, 6.07) is 32.5. The Morgan fingerprint density at radius 3 is 2.34 bits per heavy atom. The number of aryl methyl sites for hydroxylation is 2. The summed E-state index contributed by atoms with van der Waals surface area (Å²) in [7, 11) is 0. The molecule has 4 heteroatoms. The van der Waals surface area contributed by atoms with Crippen molar-refractivity contribution in [2.45, 2.75) is 20.7 Å². The second-order valence-corrected chi connectivity index (χ2v) is 9.33. The number of hydrogen-bond donors (Lipinski definition) is 0. The lowest BCUT2D eigenvalue weighted by molar-refractivity contribution is 1.07. The average Bonchev–Trinajstić information content (AvgIpc) is 3.22. The minimum Gasteiger partial charge on any atom is -0.294 e. The van der Waals surface area contributed by atoms with Crippen molar-refractivity contribution in [2.24, 2.45) is 0 Å². The van der Waals surface area contributed by atoms with Gasteiger partial charge in [-0.3, -0.25) is 9.55 Å². The summed E-state index contributed by atoms with van der Waals surface area (Å²) in [5.41, 5.74) is 9.56. The Morgan fingerprint density at radius 2 is 1.49 bits per heavy atom. The lowest BCUT2D eigenvalue weighted by Gasteiger charge is -2.13. The monoisotopic (exact) mass is 451 g/mol. The standard InChI is InChI=1S/C31H26BN3/c1-21-15-17-33-30(18-21)35-28-12-5-4-11-26(28)27-14-13-24(20-29(27)35)23-9-6-10-25(19-23)32(3)31-22(2)8-7-16-34-31/h4-20H,1-3H3. The lowest BCUT2D eigenvalue weighted by Crippen LogP contribution is -2.42. The van der Waals surface area contributed by atoms with Gasteiger partial charge in [-0.05, 0) is 66.4 Å². The molecule has 35 heavy (non-hydrogen) atoms. The molecule has 3 heterocycles. The first-order chi connectivity index (χ1) is 17.1. The molecule has 0 unspecified atom stereocenters. The van der Waals surface area contributed by atoms with Gasteiger partial charge in [-0.2, -0.15) is 0 Å². The molecule has 0 aliphatic carbocycles. The van der Waals surface area contributed by atoms with Gasteiger partial charge in [0.05, 0.1) is 11.0 Å². The van der Waals surface area contributed by atoms with Crippen LogP contribution in [-0.4, -0.2) is 21.2 Å². The summed E-state index contributed by atoms with van der Waals surface area (Å²) in [6.45, 7) is 6.71. The zero-order chi connectivity index (χ0) is 23.9. The normalized spacial score (nSPS) is 11.3. The third kappa shape index (κ3) is 3.72. The Balaban J connectivity index is 1.52. The average molecular weight is 451 g/mol. The number of rotatable bonds is 4. The molecule has 3 aromatic carbocycles. The van der Waals surface area contributed by atoms with Crippen LogP contribution in [0.4, 0.5) is 0 Å². The molecular formula is C31H26BN3. The molecule has 168 valence electrons. The Kier molecular flexibility index (Phi) is 5.22. The molecule has 0 amide bonds. The van der Waals surface area contributed by atoms with Gasteiger partial charge in [0.2, 0.25) is 6.71 Å². The summed E-state index contributed by atoms with van der Waals surface area (Å²) in [5.74, 6) is 0.946. The third-order valence-electron chi connectivity index (χ3n) is 6.98. The smallest absolute Gasteiger partial charge is 0.230 e. The van der Waals surface area contributed by atoms with Crippen molar-refractivity contribution >= 4 is 39.6 Å². The van der Waals surface area contributed by atoms with Gasteiger partial charge in [0.25, 0.3) is 0 Å². The Labute approximate surface area is 206 Å². The van der Waals surface area contributed by atoms with Crippen LogP contribution in [0.2, 0.25) is 6.82 Å². The van der Waals surface area contributed by atoms with Crippen LogP contribution in [0.5, 0.6) is 0 Å². The molecule has 6 rings (SSSR count). The fourth-order valence-corrected chi connectivity index (χ4v) is 5.14. The van der Waals surface area contributed by atoms with Gasteiger partial charge in [0.15, 0.2) is 0 Å². The first-order valence-corrected chi connectivity index (χ1v) is 12.1. The zero-order valence-electron chi connectivity index (χ0n) is 20.2. The summed E-state index contributed by atoms with van der Waals surface area (Å²) < 4.78 is 2.28. The molecule has 0 atom stereocenters. The summed E-state index contributed by atoms with van der Waals surface area (Å²) in [5, 5.41) is 2.48. The van der Waals surface area contributed by atoms with E-state index in [2.05, 4.69) is 109 Å². The molecule has 0 aliphatic heterocycles. The van der Waals surface area contributed by atoms with Gasteiger partial charge in [-0.1, -0.05) is 72.9 Å². The van der Waals surface area contributed by atoms with Crippen LogP contribution in [-0.2, 0) is 0 Å². The molecule has 0 aliphatic rings. The number of pyridine rings is 2. The van der Waals surface area contributed by atoms with Crippen LogP contribution >= 0.6 is 0 Å². The Bertz CT molecular complexity index is 1700. The maximum atomic E-state index is 4.72. The number of fused-ring (bicyclic) bond motifs is 3. The summed E-state index contributed by atoms with van der Waals surface area (Å²) in [6.07, 6.45) is 3.77. The van der Waals surface area contributed by atoms with E-state index in [-0.39, 0.29) is 6.71 Å². The van der Waals surface area contributed by atoms with E-state index in [1.54, 1.807) is 0 Å². The van der Waals surface area contributed by atoms with Crippen LogP contribution in [0.15, 0.2) is 103 Å². The molecule has 6 aromatic rings. The molecule has 0 bridgehead atoms. The van der Waals surface area contributed by atoms with Gasteiger partial charge < -0.3 is 0 Å². The van der Waals surface area contributed by atoms with Crippen molar-refractivity contribution in [1.82, 2.24) is 14.5 Å². The van der Waals surface area contributed by atoms with Gasteiger partial charge in [-0.25, -0.2) is 4.98 Å². The number of para-hydroxylation sites is 1. The van der Waals surface area contributed by atoms with Crippen LogP contribution < -0.4 is 11.1 Å². The summed E-state index contributed by atoms with van der Waals surface area (Å²) >= 11 is 0. The molecule has 3 nitrogen and oxygen atoms in total. The second-order valence-electron chi connectivity index (χ2n) is 9.33. The number of nitrogens with zero attached hydrogens (tertiary/aromatic N) is 3. The van der Waals surface area contributed by atoms with E-state index in [9.17, 15) is 0 Å². The first kappa shape index (κ1) is 21.4. The van der Waals surface area contributed by atoms with Crippen molar-refractivity contribution in [1.29, 1.82) is 0 Å². The summed E-state index contributed by atoms with van der Waals surface area (Å²) in [4.78, 5) is 9.38. The minimum absolute atomic E-state index is 0.225. The van der Waals surface area contributed by atoms with Crippen molar-refractivity contribution in [3.63, 3.8) is 0 Å². The highest BCUT2D eigenvalue weighted by Crippen LogP contribution is 2.34. The SMILES string of the molecule is CB(c1cccc(-c2ccc3c4ccccc4n(-c4cc(C)ccn4)c3c2)c1)c1ncccc1C. The van der Waals surface area contributed by atoms with Crippen molar-refractivity contribution in [2.75, 3.05) is 0 Å². The predicted octanol–water partition coefficient (Wildman–Crippen LogP) is 6.10. The highest BCUT2D eigenvalue weighted by molar-refractivity contribution is 6.83. The first-order valence-electron chi connectivity index (χ1n) is 12.1. The Hall–Kier alpha value is -4.18. The maximum Gasteiger partial charge on any atom is 0.230 e. The molecule has 0 radical (unpaired) electrons. The van der Waals surface area contributed by atoms with Gasteiger partial charge >= 0.3 is 0 Å². The number of hydrogen-bond acceptors (Lipinski definition) is 2. The van der Waals surface area contributed by atoms with E-state index in [1.165, 1.54) is 49.5 Å². The van der Waals surface area contributed by atoms with E-state index in [4.69, 9.17) is 4.98 Å². The second kappa shape index (κ2) is 8.55. The maximum absolute atomic E-state index is 4.72. The minimum atomic E-state index is 0.225. The molecule has 3 aromatic heterocycles. The number of benzene rings is 3. The van der Waals surface area contributed by atoms with E-state index in [1.807, 2.05) is 24.5 Å². The highest BCUT2D eigenvalue weighted by atomic mass is 15.1. The molecule has 0 spiro atoms. The molecule has 0 saturated carbocycles. The zero-order valence-corrected chi connectivity index (χ0v) is 20.2. The van der Waals surface area contributed by atoms with Crippen LogP contribution in [0.25, 0.3) is 38.8 Å². The lowest BCUT2D eigenvalue weighted by atomic mass is 9.43. The number of aromatic nitrogens is 3.